The number of hydrogen-bond acceptors (Lipinski definition) is 7. The molecule has 33 heavy (non-hydrogen) atoms. The van der Waals surface area contributed by atoms with Crippen molar-refractivity contribution >= 4 is 22.9 Å². The van der Waals surface area contributed by atoms with Gasteiger partial charge >= 0.3 is 0 Å². The van der Waals surface area contributed by atoms with Gasteiger partial charge < -0.3 is 24.3 Å². The Labute approximate surface area is 195 Å². The summed E-state index contributed by atoms with van der Waals surface area (Å²) in [6.07, 6.45) is 9.46. The number of methoxy groups -OCH3 is 1. The number of aliphatic hydroxyl groups is 1. The molecule has 1 aliphatic rings. The molecule has 1 aromatic carbocycles. The molecule has 4 aromatic rings. The maximum absolute atomic E-state index is 13.4. The van der Waals surface area contributed by atoms with Gasteiger partial charge in [-0.2, -0.15) is 0 Å². The van der Waals surface area contributed by atoms with Crippen molar-refractivity contribution in [2.45, 2.75) is 31.7 Å². The minimum atomic E-state index is -0.467. The van der Waals surface area contributed by atoms with E-state index in [4.69, 9.17) is 4.74 Å². The summed E-state index contributed by atoms with van der Waals surface area (Å²) in [5.74, 6) is 1.11. The first kappa shape index (κ1) is 21.4. The molecule has 3 aromatic heterocycles. The molecule has 8 nitrogen and oxygen atoms in total. The summed E-state index contributed by atoms with van der Waals surface area (Å²) in [5.41, 5.74) is 3.88. The summed E-state index contributed by atoms with van der Waals surface area (Å²) in [6.45, 7) is 1.76. The fourth-order valence-electron chi connectivity index (χ4n) is 3.97. The van der Waals surface area contributed by atoms with Crippen LogP contribution in [0.4, 0.5) is 11.4 Å². The number of imidazole rings is 1. The zero-order valence-corrected chi connectivity index (χ0v) is 19.2. The van der Waals surface area contributed by atoms with E-state index in [1.54, 1.807) is 24.2 Å². The molecule has 1 fully saturated rings. The van der Waals surface area contributed by atoms with Gasteiger partial charge in [0.25, 0.3) is 5.56 Å². The molecule has 0 saturated heterocycles. The highest BCUT2D eigenvalue weighted by molar-refractivity contribution is 7.05. The highest BCUT2D eigenvalue weighted by atomic mass is 32.1. The van der Waals surface area contributed by atoms with E-state index in [9.17, 15) is 9.90 Å². The number of aliphatic hydroxyl groups excluding tert-OH is 1. The van der Waals surface area contributed by atoms with E-state index >= 15 is 0 Å². The van der Waals surface area contributed by atoms with Crippen molar-refractivity contribution in [1.82, 2.24) is 18.5 Å². The molecule has 9 heteroatoms. The van der Waals surface area contributed by atoms with Gasteiger partial charge in [-0.05, 0) is 67.0 Å². The Morgan fingerprint density at radius 1 is 1.27 bits per heavy atom. The zero-order valence-electron chi connectivity index (χ0n) is 18.4. The van der Waals surface area contributed by atoms with Crippen molar-refractivity contribution in [3.63, 3.8) is 0 Å². The van der Waals surface area contributed by atoms with Gasteiger partial charge in [-0.1, -0.05) is 0 Å². The Morgan fingerprint density at radius 3 is 2.76 bits per heavy atom. The Balaban J connectivity index is 1.53. The number of rotatable bonds is 8. The molecule has 5 rings (SSSR count). The average Bonchev–Trinajstić information content (AvgIpc) is 3.36. The van der Waals surface area contributed by atoms with Gasteiger partial charge in [-0.25, -0.2) is 9.36 Å². The van der Waals surface area contributed by atoms with Crippen LogP contribution in [-0.2, 0) is 0 Å². The number of hydrogen-bond donors (Lipinski definition) is 2. The fourth-order valence-corrected chi connectivity index (χ4v) is 4.65. The number of ether oxygens (including phenoxy) is 1. The van der Waals surface area contributed by atoms with Crippen LogP contribution in [0.25, 0.3) is 5.69 Å². The lowest BCUT2D eigenvalue weighted by atomic mass is 10.1. The summed E-state index contributed by atoms with van der Waals surface area (Å²) < 4.78 is 13.3. The highest BCUT2D eigenvalue weighted by Gasteiger charge is 2.27. The first-order valence-electron chi connectivity index (χ1n) is 10.8. The topological polar surface area (TPSA) is 94.2 Å². The Bertz CT molecular complexity index is 1320. The first-order valence-corrected chi connectivity index (χ1v) is 11.6. The van der Waals surface area contributed by atoms with Crippen LogP contribution < -0.4 is 15.6 Å². The maximum Gasteiger partial charge on any atom is 0.274 e. The molecule has 0 bridgehead atoms. The van der Waals surface area contributed by atoms with Gasteiger partial charge in [-0.15, -0.1) is 0 Å². The summed E-state index contributed by atoms with van der Waals surface area (Å²) in [7, 11) is 1.62. The van der Waals surface area contributed by atoms with Gasteiger partial charge in [0.05, 0.1) is 42.3 Å². The molecule has 1 aliphatic carbocycles. The number of pyridine rings is 1. The largest absolute Gasteiger partial charge is 0.494 e. The number of nitrogens with one attached hydrogen (secondary N) is 1. The minimum Gasteiger partial charge on any atom is -0.494 e. The molecule has 3 heterocycles. The van der Waals surface area contributed by atoms with Crippen molar-refractivity contribution in [2.24, 2.45) is 0 Å². The summed E-state index contributed by atoms with van der Waals surface area (Å²) >= 11 is 1.29. The van der Waals surface area contributed by atoms with Crippen molar-refractivity contribution in [1.29, 1.82) is 0 Å². The number of aryl methyl sites for hydroxylation is 1. The second kappa shape index (κ2) is 8.84. The highest BCUT2D eigenvalue weighted by Crippen LogP contribution is 2.41. The minimum absolute atomic E-state index is 0.178. The second-order valence-corrected chi connectivity index (χ2v) is 9.09. The summed E-state index contributed by atoms with van der Waals surface area (Å²) in [5, 5.41) is 13.4. The maximum atomic E-state index is 13.4. The molecular formula is C24H25N5O3S. The second-order valence-electron chi connectivity index (χ2n) is 8.22. The molecular weight excluding hydrogens is 438 g/mol. The van der Waals surface area contributed by atoms with Crippen molar-refractivity contribution in [2.75, 3.05) is 19.0 Å². The Kier molecular flexibility index (Phi) is 5.74. The molecule has 0 radical (unpaired) electrons. The average molecular weight is 464 g/mol. The SMILES string of the molecule is COc1cc(Nc2cc(C3CC3)cn([C@@H](CO)c3ccns3)c2=O)ccc1-n1cnc(C)c1. The molecule has 2 N–H and O–H groups in total. The van der Waals surface area contributed by atoms with Crippen LogP contribution in [0.1, 0.15) is 40.9 Å². The van der Waals surface area contributed by atoms with Crippen LogP contribution >= 0.6 is 11.5 Å². The van der Waals surface area contributed by atoms with Gasteiger partial charge in [-0.3, -0.25) is 4.79 Å². The van der Waals surface area contributed by atoms with E-state index < -0.39 is 6.04 Å². The molecule has 1 atom stereocenters. The van der Waals surface area contributed by atoms with Gasteiger partial charge in [0.2, 0.25) is 0 Å². The summed E-state index contributed by atoms with van der Waals surface area (Å²) in [4.78, 5) is 18.6. The molecule has 170 valence electrons. The predicted molar refractivity (Wildman–Crippen MR) is 128 cm³/mol. The van der Waals surface area contributed by atoms with Crippen LogP contribution in [0.3, 0.4) is 0 Å². The van der Waals surface area contributed by atoms with E-state index in [-0.39, 0.29) is 12.2 Å². The number of benzene rings is 1. The van der Waals surface area contributed by atoms with Gasteiger partial charge in [0, 0.05) is 30.3 Å². The van der Waals surface area contributed by atoms with Crippen LogP contribution in [-0.4, -0.2) is 37.3 Å². The lowest BCUT2D eigenvalue weighted by molar-refractivity contribution is 0.249. The zero-order chi connectivity index (χ0) is 22.9. The summed E-state index contributed by atoms with van der Waals surface area (Å²) in [6, 6.07) is 9.01. The number of aromatic nitrogens is 4. The number of nitrogens with zero attached hydrogens (tertiary/aromatic N) is 4. The third-order valence-electron chi connectivity index (χ3n) is 5.86. The molecule has 1 saturated carbocycles. The standard InChI is InChI=1S/C24H25N5O3S/c1-15-11-28(14-25-15)20-6-5-18(10-22(20)32-2)27-19-9-17(16-3-4-16)12-29(24(19)31)21(13-30)23-7-8-26-33-23/h5-12,14,16,21,27,30H,3-4,13H2,1-2H3/t21-/m0/s1. The number of anilines is 2. The molecule has 0 spiro atoms. The van der Waals surface area contributed by atoms with Crippen molar-refractivity contribution in [3.8, 4) is 11.4 Å². The molecule has 0 amide bonds. The Morgan fingerprint density at radius 2 is 2.12 bits per heavy atom. The fraction of sp³-hybridized carbons (Fsp3) is 0.292. The van der Waals surface area contributed by atoms with Crippen LogP contribution in [0.5, 0.6) is 5.75 Å². The Hall–Kier alpha value is -3.43. The molecule has 0 unspecified atom stereocenters. The van der Waals surface area contributed by atoms with E-state index in [0.717, 1.165) is 40.4 Å². The van der Waals surface area contributed by atoms with Crippen molar-refractivity contribution in [3.05, 3.63) is 81.7 Å². The van der Waals surface area contributed by atoms with Crippen LogP contribution in [0, 0.1) is 6.92 Å². The lowest BCUT2D eigenvalue weighted by Gasteiger charge is -2.19. The lowest BCUT2D eigenvalue weighted by Crippen LogP contribution is -2.29. The van der Waals surface area contributed by atoms with E-state index in [1.165, 1.54) is 11.5 Å². The van der Waals surface area contributed by atoms with Crippen LogP contribution in [0.15, 0.2) is 60.0 Å². The third-order valence-corrected chi connectivity index (χ3v) is 6.70. The van der Waals surface area contributed by atoms with E-state index in [1.807, 2.05) is 54.2 Å². The van der Waals surface area contributed by atoms with Gasteiger partial charge in [0.1, 0.15) is 11.4 Å². The smallest absolute Gasteiger partial charge is 0.274 e. The quantitative estimate of drug-likeness (QED) is 0.410. The predicted octanol–water partition coefficient (Wildman–Crippen LogP) is 4.01. The third kappa shape index (κ3) is 4.29. The first-order chi connectivity index (χ1) is 16.1. The monoisotopic (exact) mass is 463 g/mol. The van der Waals surface area contributed by atoms with Crippen molar-refractivity contribution < 1.29 is 9.84 Å². The normalized spacial score (nSPS) is 14.3. The van der Waals surface area contributed by atoms with E-state index in [2.05, 4.69) is 14.7 Å². The van der Waals surface area contributed by atoms with Gasteiger partial charge in [0.15, 0.2) is 0 Å². The molecule has 0 aliphatic heterocycles. The van der Waals surface area contributed by atoms with Crippen LogP contribution in [0.2, 0.25) is 0 Å². The van der Waals surface area contributed by atoms with E-state index in [0.29, 0.717) is 17.4 Å².